The van der Waals surface area contributed by atoms with Gasteiger partial charge in [-0.3, -0.25) is 9.59 Å². The van der Waals surface area contributed by atoms with Gasteiger partial charge in [0.25, 0.3) is 0 Å². The first kappa shape index (κ1) is 23.3. The van der Waals surface area contributed by atoms with Gasteiger partial charge in [0.15, 0.2) is 11.5 Å². The van der Waals surface area contributed by atoms with E-state index in [1.54, 1.807) is 26.0 Å². The van der Waals surface area contributed by atoms with E-state index < -0.39 is 6.04 Å². The van der Waals surface area contributed by atoms with Crippen LogP contribution in [0.1, 0.15) is 37.0 Å². The molecule has 6 nitrogen and oxygen atoms in total. The Kier molecular flexibility index (Phi) is 8.71. The van der Waals surface area contributed by atoms with Crippen LogP contribution in [0.25, 0.3) is 0 Å². The van der Waals surface area contributed by atoms with E-state index in [2.05, 4.69) is 5.32 Å². The number of hydrogen-bond donors (Lipinski definition) is 1. The Morgan fingerprint density at radius 3 is 2.40 bits per heavy atom. The average molecular weight is 413 g/mol. The highest BCUT2D eigenvalue weighted by Gasteiger charge is 2.26. The third-order valence-corrected chi connectivity index (χ3v) is 5.20. The summed E-state index contributed by atoms with van der Waals surface area (Å²) in [5.41, 5.74) is 3.11. The van der Waals surface area contributed by atoms with Gasteiger partial charge in [0, 0.05) is 19.5 Å². The summed E-state index contributed by atoms with van der Waals surface area (Å²) in [6, 6.07) is 13.0. The van der Waals surface area contributed by atoms with Gasteiger partial charge in [-0.1, -0.05) is 30.3 Å². The molecular formula is C24H32N2O4. The molecule has 2 amide bonds. The third kappa shape index (κ3) is 5.99. The Bertz CT molecular complexity index is 866. The number of nitrogens with zero attached hydrogens (tertiary/aromatic N) is 1. The molecule has 1 atom stereocenters. The Balaban J connectivity index is 2.17. The molecule has 0 unspecified atom stereocenters. The summed E-state index contributed by atoms with van der Waals surface area (Å²) in [7, 11) is 3.18. The maximum absolute atomic E-state index is 13.1. The van der Waals surface area contributed by atoms with E-state index in [9.17, 15) is 9.59 Å². The van der Waals surface area contributed by atoms with Crippen molar-refractivity contribution in [3.05, 3.63) is 59.2 Å². The zero-order chi connectivity index (χ0) is 22.1. The predicted molar refractivity (Wildman–Crippen MR) is 118 cm³/mol. The Labute approximate surface area is 179 Å². The molecule has 162 valence electrons. The van der Waals surface area contributed by atoms with Crippen molar-refractivity contribution in [3.63, 3.8) is 0 Å². The molecule has 0 fully saturated rings. The van der Waals surface area contributed by atoms with E-state index in [-0.39, 0.29) is 11.8 Å². The van der Waals surface area contributed by atoms with Crippen LogP contribution in [0.2, 0.25) is 0 Å². The zero-order valence-electron chi connectivity index (χ0n) is 18.5. The van der Waals surface area contributed by atoms with Crippen LogP contribution >= 0.6 is 0 Å². The Morgan fingerprint density at radius 2 is 1.77 bits per heavy atom. The van der Waals surface area contributed by atoms with Gasteiger partial charge in [-0.2, -0.15) is 0 Å². The van der Waals surface area contributed by atoms with Crippen LogP contribution in [0.3, 0.4) is 0 Å². The van der Waals surface area contributed by atoms with Crippen LogP contribution in [0.4, 0.5) is 0 Å². The van der Waals surface area contributed by atoms with Gasteiger partial charge in [0.1, 0.15) is 6.04 Å². The second kappa shape index (κ2) is 11.2. The van der Waals surface area contributed by atoms with Crippen molar-refractivity contribution < 1.29 is 19.1 Å². The summed E-state index contributed by atoms with van der Waals surface area (Å²) in [4.78, 5) is 27.3. The highest BCUT2D eigenvalue weighted by molar-refractivity contribution is 5.87. The predicted octanol–water partition coefficient (Wildman–Crippen LogP) is 3.50. The lowest BCUT2D eigenvalue weighted by Gasteiger charge is -2.29. The molecule has 0 saturated heterocycles. The number of benzene rings is 2. The lowest BCUT2D eigenvalue weighted by Crippen LogP contribution is -2.47. The maximum atomic E-state index is 13.1. The van der Waals surface area contributed by atoms with Crippen molar-refractivity contribution in [2.24, 2.45) is 0 Å². The number of methoxy groups -OCH3 is 2. The number of carbonyl (C=O) groups excluding carboxylic acids is 2. The van der Waals surface area contributed by atoms with E-state index in [0.717, 1.165) is 16.7 Å². The molecule has 0 heterocycles. The summed E-state index contributed by atoms with van der Waals surface area (Å²) in [5.74, 6) is 1.07. The highest BCUT2D eigenvalue weighted by Crippen LogP contribution is 2.28. The van der Waals surface area contributed by atoms with Crippen LogP contribution in [-0.4, -0.2) is 43.5 Å². The molecule has 0 aliphatic heterocycles. The van der Waals surface area contributed by atoms with E-state index in [1.165, 1.54) is 0 Å². The molecule has 30 heavy (non-hydrogen) atoms. The fourth-order valence-electron chi connectivity index (χ4n) is 3.31. The summed E-state index contributed by atoms with van der Waals surface area (Å²) in [5, 5.41) is 2.82. The molecule has 0 radical (unpaired) electrons. The van der Waals surface area contributed by atoms with E-state index in [1.807, 2.05) is 56.3 Å². The normalized spacial score (nSPS) is 11.5. The second-order valence-electron chi connectivity index (χ2n) is 7.21. The number of hydrogen-bond acceptors (Lipinski definition) is 4. The first-order valence-corrected chi connectivity index (χ1v) is 10.2. The molecule has 1 N–H and O–H groups in total. The van der Waals surface area contributed by atoms with Gasteiger partial charge in [0.2, 0.25) is 11.8 Å². The molecule has 0 aliphatic rings. The van der Waals surface area contributed by atoms with Crippen molar-refractivity contribution in [1.29, 1.82) is 0 Å². The number of aryl methyl sites for hydroxylation is 2. The third-order valence-electron chi connectivity index (χ3n) is 5.20. The average Bonchev–Trinajstić information content (AvgIpc) is 2.76. The maximum Gasteiger partial charge on any atom is 0.242 e. The van der Waals surface area contributed by atoms with Crippen LogP contribution in [0.15, 0.2) is 42.5 Å². The summed E-state index contributed by atoms with van der Waals surface area (Å²) < 4.78 is 10.6. The first-order chi connectivity index (χ1) is 14.4. The van der Waals surface area contributed by atoms with E-state index in [4.69, 9.17) is 9.47 Å². The Morgan fingerprint density at radius 1 is 1.07 bits per heavy atom. The van der Waals surface area contributed by atoms with Crippen molar-refractivity contribution in [3.8, 4) is 11.5 Å². The van der Waals surface area contributed by atoms with Gasteiger partial charge in [-0.25, -0.2) is 0 Å². The number of ether oxygens (including phenoxy) is 2. The van der Waals surface area contributed by atoms with Crippen LogP contribution < -0.4 is 14.8 Å². The number of carbonyl (C=O) groups is 2. The topological polar surface area (TPSA) is 67.9 Å². The van der Waals surface area contributed by atoms with Crippen molar-refractivity contribution in [2.75, 3.05) is 20.8 Å². The molecule has 6 heteroatoms. The van der Waals surface area contributed by atoms with Crippen LogP contribution in [0.5, 0.6) is 11.5 Å². The molecule has 2 rings (SSSR count). The largest absolute Gasteiger partial charge is 0.493 e. The summed E-state index contributed by atoms with van der Waals surface area (Å²) in [6.07, 6.45) is 0.844. The number of likely N-dealkylation sites (N-methyl/N-ethyl adjacent to an activating group) is 1. The van der Waals surface area contributed by atoms with Gasteiger partial charge in [-0.15, -0.1) is 0 Å². The fraction of sp³-hybridized carbons (Fsp3) is 0.417. The lowest BCUT2D eigenvalue weighted by molar-refractivity contribution is -0.140. The quantitative estimate of drug-likeness (QED) is 0.649. The fourth-order valence-corrected chi connectivity index (χ4v) is 3.31. The molecule has 0 bridgehead atoms. The lowest BCUT2D eigenvalue weighted by atomic mass is 10.1. The number of amides is 2. The van der Waals surface area contributed by atoms with Crippen molar-refractivity contribution in [1.82, 2.24) is 10.2 Å². The molecule has 2 aromatic carbocycles. The van der Waals surface area contributed by atoms with Gasteiger partial charge in [-0.05, 0) is 56.0 Å². The minimum atomic E-state index is -0.553. The van der Waals surface area contributed by atoms with Gasteiger partial charge in [0.05, 0.1) is 14.2 Å². The molecule has 0 saturated carbocycles. The molecule has 0 aliphatic carbocycles. The minimum absolute atomic E-state index is 0.0632. The molecule has 0 aromatic heterocycles. The summed E-state index contributed by atoms with van der Waals surface area (Å²) >= 11 is 0. The van der Waals surface area contributed by atoms with Crippen molar-refractivity contribution in [2.45, 2.75) is 46.2 Å². The van der Waals surface area contributed by atoms with Crippen LogP contribution in [0, 0.1) is 6.92 Å². The molecular weight excluding hydrogens is 380 g/mol. The number of rotatable bonds is 10. The van der Waals surface area contributed by atoms with E-state index in [0.29, 0.717) is 37.4 Å². The monoisotopic (exact) mass is 412 g/mol. The van der Waals surface area contributed by atoms with Crippen LogP contribution in [-0.2, 0) is 22.6 Å². The smallest absolute Gasteiger partial charge is 0.242 e. The van der Waals surface area contributed by atoms with Gasteiger partial charge < -0.3 is 19.7 Å². The summed E-state index contributed by atoms with van der Waals surface area (Å²) in [6.45, 7) is 6.59. The zero-order valence-corrected chi connectivity index (χ0v) is 18.5. The number of nitrogens with one attached hydrogen (secondary N) is 1. The first-order valence-electron chi connectivity index (χ1n) is 10.2. The minimum Gasteiger partial charge on any atom is -0.493 e. The van der Waals surface area contributed by atoms with E-state index >= 15 is 0 Å². The SMILES string of the molecule is CCNC(=O)[C@@H](C)N(Cc1ccccc1C)C(=O)CCc1ccc(OC)c(OC)c1. The standard InChI is InChI=1S/C24H32N2O4/c1-6-25-24(28)18(3)26(16-20-10-8-7-9-17(20)2)23(27)14-12-19-11-13-21(29-4)22(15-19)30-5/h7-11,13,15,18H,6,12,14,16H2,1-5H3,(H,25,28)/t18-/m1/s1. The second-order valence-corrected chi connectivity index (χ2v) is 7.21. The molecule has 2 aromatic rings. The van der Waals surface area contributed by atoms with Gasteiger partial charge >= 0.3 is 0 Å². The molecule has 0 spiro atoms. The highest BCUT2D eigenvalue weighted by atomic mass is 16.5. The van der Waals surface area contributed by atoms with Crippen molar-refractivity contribution >= 4 is 11.8 Å². The Hall–Kier alpha value is -3.02.